The van der Waals surface area contributed by atoms with Crippen LogP contribution in [0.3, 0.4) is 0 Å². The van der Waals surface area contributed by atoms with E-state index >= 15 is 0 Å². The number of ether oxygens (including phenoxy) is 6. The number of benzene rings is 2. The molecule has 0 unspecified atom stereocenters. The van der Waals surface area contributed by atoms with Crippen LogP contribution in [0.25, 0.3) is 10.9 Å². The summed E-state index contributed by atoms with van der Waals surface area (Å²) in [7, 11) is 4.86. The van der Waals surface area contributed by atoms with Gasteiger partial charge in [0.25, 0.3) is 0 Å². The monoisotopic (exact) mass is 565 g/mol. The summed E-state index contributed by atoms with van der Waals surface area (Å²) in [5.74, 6) is 1.70. The number of aromatic nitrogens is 2. The van der Waals surface area contributed by atoms with Gasteiger partial charge in [-0.3, -0.25) is 0 Å². The van der Waals surface area contributed by atoms with E-state index in [0.29, 0.717) is 47.7 Å². The highest BCUT2D eigenvalue weighted by atomic mass is 79.9. The van der Waals surface area contributed by atoms with E-state index in [9.17, 15) is 0 Å². The predicted molar refractivity (Wildman–Crippen MR) is 134 cm³/mol. The van der Waals surface area contributed by atoms with Crippen molar-refractivity contribution in [3.63, 3.8) is 0 Å². The van der Waals surface area contributed by atoms with Crippen LogP contribution in [-0.4, -0.2) is 75.0 Å². The smallest absolute Gasteiger partial charge is 0.164 e. The van der Waals surface area contributed by atoms with Crippen molar-refractivity contribution in [3.8, 4) is 11.5 Å². The quantitative estimate of drug-likeness (QED) is 0.426. The summed E-state index contributed by atoms with van der Waals surface area (Å²) in [5.41, 5.74) is 0.826. The van der Waals surface area contributed by atoms with Crippen LogP contribution < -0.4 is 14.8 Å². The van der Waals surface area contributed by atoms with Gasteiger partial charge in [0.05, 0.1) is 37.5 Å². The number of methoxy groups -OCH3 is 3. The van der Waals surface area contributed by atoms with E-state index in [1.807, 2.05) is 30.3 Å². The van der Waals surface area contributed by atoms with Crippen molar-refractivity contribution in [3.05, 3.63) is 46.2 Å². The Balaban J connectivity index is 1.41. The summed E-state index contributed by atoms with van der Waals surface area (Å²) in [6.45, 7) is 1.09. The van der Waals surface area contributed by atoms with Gasteiger partial charge in [0, 0.05) is 35.8 Å². The molecule has 2 aromatic carbocycles. The fourth-order valence-corrected chi connectivity index (χ4v) is 4.97. The highest BCUT2D eigenvalue weighted by Crippen LogP contribution is 2.41. The van der Waals surface area contributed by atoms with E-state index in [-0.39, 0.29) is 18.3 Å². The lowest BCUT2D eigenvalue weighted by Crippen LogP contribution is -2.49. The van der Waals surface area contributed by atoms with Crippen molar-refractivity contribution in [2.24, 2.45) is 0 Å². The van der Waals surface area contributed by atoms with Crippen LogP contribution in [0.5, 0.6) is 11.5 Å². The van der Waals surface area contributed by atoms with Gasteiger partial charge in [-0.05, 0) is 40.2 Å². The molecular weight excluding hydrogens is 542 g/mol. The van der Waals surface area contributed by atoms with Crippen LogP contribution in [0.4, 0.5) is 11.5 Å². The molecule has 186 valence electrons. The fraction of sp³-hybridized carbons (Fsp3) is 0.417. The van der Waals surface area contributed by atoms with Gasteiger partial charge in [-0.25, -0.2) is 9.97 Å². The Labute approximate surface area is 216 Å². The molecule has 35 heavy (non-hydrogen) atoms. The Morgan fingerprint density at radius 2 is 2.00 bits per heavy atom. The number of anilines is 2. The molecule has 3 heterocycles. The van der Waals surface area contributed by atoms with Crippen LogP contribution >= 0.6 is 27.5 Å². The van der Waals surface area contributed by atoms with Crippen molar-refractivity contribution in [2.45, 2.75) is 23.9 Å². The molecule has 2 fully saturated rings. The van der Waals surface area contributed by atoms with Crippen molar-refractivity contribution < 1.29 is 28.4 Å². The van der Waals surface area contributed by atoms with E-state index in [2.05, 4.69) is 31.2 Å². The molecule has 0 spiro atoms. The minimum atomic E-state index is -0.658. The van der Waals surface area contributed by atoms with Gasteiger partial charge >= 0.3 is 0 Å². The van der Waals surface area contributed by atoms with E-state index in [4.69, 9.17) is 40.0 Å². The maximum atomic E-state index is 6.35. The Morgan fingerprint density at radius 1 is 1.14 bits per heavy atom. The topological polar surface area (TPSA) is 93.2 Å². The Bertz CT molecular complexity index is 1230. The van der Waals surface area contributed by atoms with Gasteiger partial charge in [0.2, 0.25) is 0 Å². The summed E-state index contributed by atoms with van der Waals surface area (Å²) < 4.78 is 36.0. The average Bonchev–Trinajstić information content (AvgIpc) is 3.43. The van der Waals surface area contributed by atoms with Gasteiger partial charge in [-0.15, -0.1) is 0 Å². The van der Waals surface area contributed by atoms with Gasteiger partial charge in [-0.1, -0.05) is 11.6 Å². The van der Waals surface area contributed by atoms with Gasteiger partial charge in [0.15, 0.2) is 17.6 Å². The molecule has 2 aliphatic heterocycles. The standard InChI is InChI=1S/C24H25BrClN3O6/c1-30-10-24(32-3)11-34-21-20(9-33-22(21)24)35-19-8-17-14(7-18(19)31-2)23(28-12-27-17)29-13-4-5-15(25)16(26)6-13/h4-8,12,20-22H,9-11H2,1-3H3,(H,27,28,29)/t20-,21+,22-,24+/m1/s1. The van der Waals surface area contributed by atoms with Gasteiger partial charge < -0.3 is 33.7 Å². The Morgan fingerprint density at radius 3 is 2.74 bits per heavy atom. The molecular formula is C24H25BrClN3O6. The largest absolute Gasteiger partial charge is 0.493 e. The number of hydrogen-bond acceptors (Lipinski definition) is 9. The molecule has 0 radical (unpaired) electrons. The molecule has 9 nitrogen and oxygen atoms in total. The van der Waals surface area contributed by atoms with Crippen LogP contribution in [0, 0.1) is 0 Å². The molecule has 1 aromatic heterocycles. The van der Waals surface area contributed by atoms with Crippen molar-refractivity contribution in [1.29, 1.82) is 0 Å². The normalized spacial score (nSPS) is 25.6. The summed E-state index contributed by atoms with van der Waals surface area (Å²) in [6.07, 6.45) is 0.563. The Kier molecular flexibility index (Phi) is 7.02. The van der Waals surface area contributed by atoms with Gasteiger partial charge in [0.1, 0.15) is 30.0 Å². The van der Waals surface area contributed by atoms with E-state index in [1.54, 1.807) is 21.3 Å². The minimum Gasteiger partial charge on any atom is -0.493 e. The second-order valence-electron chi connectivity index (χ2n) is 8.38. The first-order valence-corrected chi connectivity index (χ1v) is 12.1. The number of fused-ring (bicyclic) bond motifs is 2. The van der Waals surface area contributed by atoms with Crippen molar-refractivity contribution in [2.75, 3.05) is 46.5 Å². The SMILES string of the molecule is COC[C@]1(OC)CO[C@@H]2[C@H]1OC[C@H]2Oc1cc2ncnc(Nc3ccc(Br)c(Cl)c3)c2cc1OC. The molecule has 0 amide bonds. The maximum Gasteiger partial charge on any atom is 0.164 e. The van der Waals surface area contributed by atoms with Gasteiger partial charge in [-0.2, -0.15) is 0 Å². The number of halogens is 2. The number of nitrogens with zero attached hydrogens (tertiary/aromatic N) is 2. The van der Waals surface area contributed by atoms with Crippen molar-refractivity contribution >= 4 is 49.9 Å². The third-order valence-electron chi connectivity index (χ3n) is 6.32. The molecule has 3 aromatic rings. The summed E-state index contributed by atoms with van der Waals surface area (Å²) in [6, 6.07) is 9.27. The first-order valence-electron chi connectivity index (χ1n) is 11.0. The lowest BCUT2D eigenvalue weighted by Gasteiger charge is -2.30. The molecule has 0 saturated carbocycles. The highest BCUT2D eigenvalue weighted by Gasteiger charge is 2.58. The molecule has 4 atom stereocenters. The van der Waals surface area contributed by atoms with Crippen molar-refractivity contribution in [1.82, 2.24) is 9.97 Å². The predicted octanol–water partition coefficient (Wildman–Crippen LogP) is 4.37. The van der Waals surface area contributed by atoms with Crippen LogP contribution in [0.2, 0.25) is 5.02 Å². The summed E-state index contributed by atoms with van der Waals surface area (Å²) >= 11 is 9.64. The lowest BCUT2D eigenvalue weighted by atomic mass is 9.96. The molecule has 2 aliphatic rings. The first-order chi connectivity index (χ1) is 17.0. The lowest BCUT2D eigenvalue weighted by molar-refractivity contribution is -0.126. The second kappa shape index (κ2) is 10.0. The molecule has 11 heteroatoms. The maximum absolute atomic E-state index is 6.35. The van der Waals surface area contributed by atoms with E-state index in [0.717, 1.165) is 15.5 Å². The zero-order chi connectivity index (χ0) is 24.6. The minimum absolute atomic E-state index is 0.292. The van der Waals surface area contributed by atoms with Crippen LogP contribution in [0.1, 0.15) is 0 Å². The zero-order valence-electron chi connectivity index (χ0n) is 19.4. The average molecular weight is 567 g/mol. The first kappa shape index (κ1) is 24.5. The third-order valence-corrected chi connectivity index (χ3v) is 7.55. The second-order valence-corrected chi connectivity index (χ2v) is 9.65. The van der Waals surface area contributed by atoms with E-state index < -0.39 is 5.60 Å². The third kappa shape index (κ3) is 4.54. The number of nitrogens with one attached hydrogen (secondary N) is 1. The molecule has 2 saturated heterocycles. The van der Waals surface area contributed by atoms with Crippen LogP contribution in [-0.2, 0) is 18.9 Å². The number of rotatable bonds is 8. The molecule has 0 aliphatic carbocycles. The van der Waals surface area contributed by atoms with Crippen LogP contribution in [0.15, 0.2) is 41.1 Å². The van der Waals surface area contributed by atoms with E-state index in [1.165, 1.54) is 6.33 Å². The summed E-state index contributed by atoms with van der Waals surface area (Å²) in [4.78, 5) is 8.84. The molecule has 5 rings (SSSR count). The number of hydrogen-bond donors (Lipinski definition) is 1. The Hall–Kier alpha value is -2.21. The fourth-order valence-electron chi connectivity index (χ4n) is 4.54. The zero-order valence-corrected chi connectivity index (χ0v) is 21.8. The molecule has 1 N–H and O–H groups in total. The summed E-state index contributed by atoms with van der Waals surface area (Å²) in [5, 5.41) is 4.66. The molecule has 0 bridgehead atoms. The highest BCUT2D eigenvalue weighted by molar-refractivity contribution is 9.10.